The van der Waals surface area contributed by atoms with Gasteiger partial charge in [-0.2, -0.15) is 0 Å². The molecule has 0 saturated heterocycles. The molecular weight excluding hydrogens is 393 g/mol. The van der Waals surface area contributed by atoms with Gasteiger partial charge in [0.05, 0.1) is 0 Å². The van der Waals surface area contributed by atoms with Gasteiger partial charge in [0, 0.05) is 0 Å². The van der Waals surface area contributed by atoms with Crippen LogP contribution in [0.25, 0.3) is 0 Å². The zero-order valence-electron chi connectivity index (χ0n) is 15.0. The van der Waals surface area contributed by atoms with E-state index in [4.69, 9.17) is 0 Å². The topological polar surface area (TPSA) is 29.1 Å². The predicted molar refractivity (Wildman–Crippen MR) is 93.3 cm³/mol. The maximum absolute atomic E-state index is 12.9. The Morgan fingerprint density at radius 2 is 1.79 bits per heavy atom. The van der Waals surface area contributed by atoms with Crippen LogP contribution in [-0.4, -0.2) is 12.6 Å². The Kier molecular flexibility index (Phi) is 9.85. The molecule has 0 radical (unpaired) electrons. The van der Waals surface area contributed by atoms with Crippen LogP contribution in [0.2, 0.25) is 13.1 Å². The molecule has 0 heterocycles. The molecule has 0 atom stereocenters. The van der Waals surface area contributed by atoms with Crippen molar-refractivity contribution in [1.82, 2.24) is 3.80 Å². The fourth-order valence-electron chi connectivity index (χ4n) is 2.77. The molecule has 0 saturated carbocycles. The molecule has 0 spiro atoms. The van der Waals surface area contributed by atoms with Gasteiger partial charge in [0.1, 0.15) is 0 Å². The number of hydrogen-bond acceptors (Lipinski definition) is 1. The Hall–Kier alpha value is -0.319. The Bertz CT molecular complexity index is 624. The number of amides is 1. The number of halogens is 2. The van der Waals surface area contributed by atoms with E-state index in [9.17, 15) is 4.79 Å². The monoisotopic (exact) mass is 418 g/mol. The Morgan fingerprint density at radius 3 is 2.29 bits per heavy atom. The average molecular weight is 419 g/mol. The van der Waals surface area contributed by atoms with Gasteiger partial charge in [-0.15, -0.1) is 0 Å². The molecule has 1 aliphatic carbocycles. The van der Waals surface area contributed by atoms with Crippen molar-refractivity contribution in [2.45, 2.75) is 45.7 Å². The third-order valence-electron chi connectivity index (χ3n) is 3.92. The van der Waals surface area contributed by atoms with Gasteiger partial charge in [-0.1, -0.05) is 0 Å². The molecule has 1 N–H and O–H groups in total. The fourth-order valence-corrected chi connectivity index (χ4v) is 11.8. The molecule has 6 heteroatoms. The SMILES string of the molecule is C[SiH](C)[Ti+2]([NH]C(=O)c1ccccc1C(C)(C)C)[C]1=CC=CC1.[Cl-].[Cl-]. The van der Waals surface area contributed by atoms with Crippen LogP contribution in [-0.2, 0) is 22.8 Å². The minimum atomic E-state index is -1.64. The van der Waals surface area contributed by atoms with Crippen LogP contribution in [0.5, 0.6) is 0 Å². The minimum Gasteiger partial charge on any atom is -1.00 e. The van der Waals surface area contributed by atoms with Crippen LogP contribution in [0.1, 0.15) is 43.1 Å². The molecule has 0 fully saturated rings. The maximum Gasteiger partial charge on any atom is -1.00 e. The quantitative estimate of drug-likeness (QED) is 0.567. The van der Waals surface area contributed by atoms with Crippen molar-refractivity contribution in [2.75, 3.05) is 0 Å². The van der Waals surface area contributed by atoms with E-state index in [1.54, 1.807) is 0 Å². The maximum atomic E-state index is 12.9. The van der Waals surface area contributed by atoms with E-state index in [-0.39, 0.29) is 36.1 Å². The molecule has 131 valence electrons. The van der Waals surface area contributed by atoms with Crippen molar-refractivity contribution in [3.63, 3.8) is 0 Å². The minimum absolute atomic E-state index is 0. The van der Waals surface area contributed by atoms with Crippen LogP contribution in [0.4, 0.5) is 0 Å². The first-order valence-electron chi connectivity index (χ1n) is 7.94. The fraction of sp³-hybridized carbons (Fsp3) is 0.389. The Labute approximate surface area is 165 Å². The smallest absolute Gasteiger partial charge is 1.00 e. The van der Waals surface area contributed by atoms with E-state index in [2.05, 4.69) is 62.0 Å². The third-order valence-corrected chi connectivity index (χ3v) is 15.0. The van der Waals surface area contributed by atoms with Crippen molar-refractivity contribution >= 4 is 12.6 Å². The van der Waals surface area contributed by atoms with E-state index in [0.717, 1.165) is 17.5 Å². The first-order valence-corrected chi connectivity index (χ1v) is 15.1. The number of benzene rings is 1. The molecule has 0 unspecified atom stereocenters. The van der Waals surface area contributed by atoms with Gasteiger partial charge in [0.15, 0.2) is 0 Å². The van der Waals surface area contributed by atoms with Gasteiger partial charge >= 0.3 is 142 Å². The summed E-state index contributed by atoms with van der Waals surface area (Å²) in [5.74, 6) is 0.134. The number of carbonyl (C=O) groups excluding carboxylic acids is 1. The largest absolute Gasteiger partial charge is 1.00 e. The first-order chi connectivity index (χ1) is 10.3. The van der Waals surface area contributed by atoms with Crippen LogP contribution < -0.4 is 28.6 Å². The van der Waals surface area contributed by atoms with Crippen LogP contribution in [0.15, 0.2) is 46.4 Å². The summed E-state index contributed by atoms with van der Waals surface area (Å²) in [5, 5.41) is 0. The standard InChI is InChI=1S/C11H15NO.C5H5.C2H7Si.2ClH.Ti/c1-11(2,3)9-7-5-4-6-8(9)10(12)13;1-2-4-5-3-1;1-3-2;;;/h4-7H,1-3H3,(H2,12,13);1-3H,4H2;3H,1-2H3;2*1H;/q;;;;;+3/p-3. The summed E-state index contributed by atoms with van der Waals surface area (Å²) >= 11 is -1.64. The molecule has 24 heavy (non-hydrogen) atoms. The van der Waals surface area contributed by atoms with E-state index in [1.807, 2.05) is 18.2 Å². The van der Waals surface area contributed by atoms with Gasteiger partial charge < -0.3 is 24.8 Å². The summed E-state index contributed by atoms with van der Waals surface area (Å²) in [7, 11) is 0. The molecule has 2 nitrogen and oxygen atoms in total. The number of nitrogens with one attached hydrogen (secondary N) is 1. The van der Waals surface area contributed by atoms with Crippen LogP contribution >= 0.6 is 0 Å². The number of hydrogen-bond donors (Lipinski definition) is 1. The van der Waals surface area contributed by atoms with Gasteiger partial charge in [-0.05, 0) is 0 Å². The molecule has 2 rings (SSSR count). The second-order valence-corrected chi connectivity index (χ2v) is 19.9. The molecule has 0 aromatic heterocycles. The molecule has 1 amide bonds. The normalized spacial score (nSPS) is 13.0. The second-order valence-electron chi connectivity index (χ2n) is 7.14. The number of carbonyl (C=O) groups is 1. The van der Waals surface area contributed by atoms with E-state index in [0.29, 0.717) is 0 Å². The van der Waals surface area contributed by atoms with E-state index in [1.165, 1.54) is 3.88 Å². The van der Waals surface area contributed by atoms with Crippen molar-refractivity contribution in [2.24, 2.45) is 0 Å². The third kappa shape index (κ3) is 5.89. The summed E-state index contributed by atoms with van der Waals surface area (Å²) in [6.07, 6.45) is 7.61. The summed E-state index contributed by atoms with van der Waals surface area (Å²) in [6.45, 7) is 10.4. The van der Waals surface area contributed by atoms with Gasteiger partial charge in [0.25, 0.3) is 0 Å². The molecule has 0 bridgehead atoms. The first kappa shape index (κ1) is 23.7. The van der Waals surface area contributed by atoms with E-state index < -0.39 is 24.0 Å². The van der Waals surface area contributed by atoms with Gasteiger partial charge in [0.2, 0.25) is 0 Å². The molecule has 1 aromatic carbocycles. The average Bonchev–Trinajstić information content (AvgIpc) is 2.97. The van der Waals surface area contributed by atoms with Crippen molar-refractivity contribution < 1.29 is 47.0 Å². The second kappa shape index (κ2) is 9.98. The number of rotatable bonds is 4. The van der Waals surface area contributed by atoms with Crippen molar-refractivity contribution in [3.8, 4) is 0 Å². The zero-order chi connectivity index (χ0) is 16.3. The summed E-state index contributed by atoms with van der Waals surface area (Å²) in [6, 6.07) is 8.04. The van der Waals surface area contributed by atoms with Gasteiger partial charge in [-0.3, -0.25) is 0 Å². The summed E-state index contributed by atoms with van der Waals surface area (Å²) in [5.41, 5.74) is 1.97. The summed E-state index contributed by atoms with van der Waals surface area (Å²) in [4.78, 5) is 12.9. The molecule has 1 aliphatic rings. The van der Waals surface area contributed by atoms with E-state index >= 15 is 0 Å². The van der Waals surface area contributed by atoms with Gasteiger partial charge in [-0.25, -0.2) is 0 Å². The van der Waals surface area contributed by atoms with Crippen molar-refractivity contribution in [1.29, 1.82) is 0 Å². The predicted octanol–water partition coefficient (Wildman–Crippen LogP) is -1.92. The van der Waals surface area contributed by atoms with Crippen LogP contribution in [0, 0.1) is 0 Å². The number of allylic oxidation sites excluding steroid dienone is 4. The van der Waals surface area contributed by atoms with Crippen molar-refractivity contribution in [3.05, 3.63) is 57.5 Å². The zero-order valence-corrected chi connectivity index (χ0v) is 19.2. The Morgan fingerprint density at radius 1 is 1.17 bits per heavy atom. The molecule has 1 aromatic rings. The van der Waals surface area contributed by atoms with Crippen LogP contribution in [0.3, 0.4) is 0 Å². The summed E-state index contributed by atoms with van der Waals surface area (Å²) < 4.78 is 4.99. The molecular formula is C18H26Cl2NOSiTi. The Balaban J connectivity index is 0.00000264. The molecule has 0 aliphatic heterocycles.